The summed E-state index contributed by atoms with van der Waals surface area (Å²) in [6.07, 6.45) is 0.991. The molecule has 1 aromatic carbocycles. The van der Waals surface area contributed by atoms with E-state index in [4.69, 9.17) is 17.3 Å². The van der Waals surface area contributed by atoms with Gasteiger partial charge in [0.05, 0.1) is 0 Å². The van der Waals surface area contributed by atoms with Gasteiger partial charge < -0.3 is 11.1 Å². The van der Waals surface area contributed by atoms with Gasteiger partial charge in [0.2, 0.25) is 0 Å². The highest BCUT2D eigenvalue weighted by Gasteiger charge is 1.98. The average molecular weight is 213 g/mol. The molecule has 0 amide bonds. The zero-order valence-electron chi connectivity index (χ0n) is 8.46. The van der Waals surface area contributed by atoms with Crippen LogP contribution in [0.3, 0.4) is 0 Å². The van der Waals surface area contributed by atoms with Crippen LogP contribution in [0.4, 0.5) is 0 Å². The predicted molar refractivity (Wildman–Crippen MR) is 61.7 cm³/mol. The lowest BCUT2D eigenvalue weighted by atomic mass is 10.1. The van der Waals surface area contributed by atoms with E-state index in [1.54, 1.807) is 0 Å². The Kier molecular flexibility index (Phi) is 4.94. The number of hydrogen-bond donors (Lipinski definition) is 2. The Morgan fingerprint density at radius 1 is 1.50 bits per heavy atom. The monoisotopic (exact) mass is 212 g/mol. The van der Waals surface area contributed by atoms with Crippen molar-refractivity contribution in [3.63, 3.8) is 0 Å². The molecule has 0 aliphatic heterocycles. The van der Waals surface area contributed by atoms with Crippen molar-refractivity contribution in [2.75, 3.05) is 13.1 Å². The van der Waals surface area contributed by atoms with Gasteiger partial charge in [0.1, 0.15) is 0 Å². The summed E-state index contributed by atoms with van der Waals surface area (Å²) in [5.74, 6) is 0. The summed E-state index contributed by atoms with van der Waals surface area (Å²) < 4.78 is 0. The molecular formula is C11H17ClN2. The highest BCUT2D eigenvalue weighted by molar-refractivity contribution is 6.30. The highest BCUT2D eigenvalue weighted by atomic mass is 35.5. The lowest BCUT2D eigenvalue weighted by Gasteiger charge is -2.10. The molecular weight excluding hydrogens is 196 g/mol. The maximum Gasteiger partial charge on any atom is 0.0408 e. The number of nitrogens with two attached hydrogens (primary N) is 1. The highest BCUT2D eigenvalue weighted by Crippen LogP contribution is 2.10. The molecule has 0 aliphatic rings. The Hall–Kier alpha value is -0.570. The van der Waals surface area contributed by atoms with Crippen molar-refractivity contribution in [2.45, 2.75) is 19.4 Å². The van der Waals surface area contributed by atoms with Gasteiger partial charge in [0.15, 0.2) is 0 Å². The van der Waals surface area contributed by atoms with Gasteiger partial charge in [-0.1, -0.05) is 23.7 Å². The largest absolute Gasteiger partial charge is 0.329 e. The lowest BCUT2D eigenvalue weighted by molar-refractivity contribution is 0.559. The molecule has 0 heterocycles. The van der Waals surface area contributed by atoms with Crippen LogP contribution in [0.15, 0.2) is 24.3 Å². The fourth-order valence-electron chi connectivity index (χ4n) is 1.24. The van der Waals surface area contributed by atoms with E-state index in [9.17, 15) is 0 Å². The van der Waals surface area contributed by atoms with Crippen molar-refractivity contribution >= 4 is 11.6 Å². The summed E-state index contributed by atoms with van der Waals surface area (Å²) in [6, 6.07) is 8.33. The smallest absolute Gasteiger partial charge is 0.0408 e. The molecule has 1 atom stereocenters. The third-order valence-electron chi connectivity index (χ3n) is 2.15. The van der Waals surface area contributed by atoms with E-state index in [-0.39, 0.29) is 0 Å². The van der Waals surface area contributed by atoms with Crippen molar-refractivity contribution in [1.82, 2.24) is 5.32 Å². The van der Waals surface area contributed by atoms with Gasteiger partial charge in [-0.25, -0.2) is 0 Å². The van der Waals surface area contributed by atoms with Gasteiger partial charge in [-0.3, -0.25) is 0 Å². The summed E-state index contributed by atoms with van der Waals surface area (Å²) in [5.41, 5.74) is 6.75. The standard InChI is InChI=1S/C11H17ClN2/c1-9(8-13)14-6-5-10-3-2-4-11(12)7-10/h2-4,7,9,14H,5-6,8,13H2,1H3/t9-/m0/s1. The Labute approximate surface area is 90.4 Å². The molecule has 14 heavy (non-hydrogen) atoms. The minimum absolute atomic E-state index is 0.384. The van der Waals surface area contributed by atoms with E-state index in [1.165, 1.54) is 5.56 Å². The van der Waals surface area contributed by atoms with Crippen LogP contribution < -0.4 is 11.1 Å². The Morgan fingerprint density at radius 3 is 2.93 bits per heavy atom. The van der Waals surface area contributed by atoms with Gasteiger partial charge in [-0.05, 0) is 37.6 Å². The number of hydrogen-bond acceptors (Lipinski definition) is 2. The van der Waals surface area contributed by atoms with Crippen LogP contribution in [-0.4, -0.2) is 19.1 Å². The van der Waals surface area contributed by atoms with Crippen LogP contribution in [0.5, 0.6) is 0 Å². The molecule has 0 saturated carbocycles. The van der Waals surface area contributed by atoms with Crippen LogP contribution in [-0.2, 0) is 6.42 Å². The van der Waals surface area contributed by atoms with Gasteiger partial charge in [0, 0.05) is 17.6 Å². The molecule has 0 unspecified atom stereocenters. The van der Waals surface area contributed by atoms with E-state index in [0.717, 1.165) is 18.0 Å². The number of rotatable bonds is 5. The van der Waals surface area contributed by atoms with Crippen molar-refractivity contribution in [2.24, 2.45) is 5.73 Å². The maximum absolute atomic E-state index is 5.87. The van der Waals surface area contributed by atoms with Crippen molar-refractivity contribution in [3.8, 4) is 0 Å². The Morgan fingerprint density at radius 2 is 2.29 bits per heavy atom. The SMILES string of the molecule is C[C@@H](CN)NCCc1cccc(Cl)c1. The summed E-state index contributed by atoms with van der Waals surface area (Å²) in [7, 11) is 0. The first-order valence-corrected chi connectivity index (χ1v) is 5.28. The zero-order chi connectivity index (χ0) is 10.4. The van der Waals surface area contributed by atoms with Crippen LogP contribution in [0.1, 0.15) is 12.5 Å². The first-order valence-electron chi connectivity index (χ1n) is 4.90. The maximum atomic E-state index is 5.87. The van der Waals surface area contributed by atoms with Crippen molar-refractivity contribution in [3.05, 3.63) is 34.9 Å². The molecule has 78 valence electrons. The number of halogens is 1. The average Bonchev–Trinajstić information content (AvgIpc) is 2.17. The van der Waals surface area contributed by atoms with Gasteiger partial charge in [0.25, 0.3) is 0 Å². The van der Waals surface area contributed by atoms with E-state index in [2.05, 4.69) is 18.3 Å². The van der Waals surface area contributed by atoms with E-state index in [1.807, 2.05) is 18.2 Å². The predicted octanol–water partition coefficient (Wildman–Crippen LogP) is 1.82. The van der Waals surface area contributed by atoms with Crippen LogP contribution >= 0.6 is 11.6 Å². The fourth-order valence-corrected chi connectivity index (χ4v) is 1.45. The molecule has 0 radical (unpaired) electrons. The van der Waals surface area contributed by atoms with E-state index in [0.29, 0.717) is 12.6 Å². The Bertz CT molecular complexity index is 276. The third-order valence-corrected chi connectivity index (χ3v) is 2.38. The number of nitrogens with one attached hydrogen (secondary N) is 1. The van der Waals surface area contributed by atoms with Crippen LogP contribution in [0, 0.1) is 0 Å². The second-order valence-corrected chi connectivity index (χ2v) is 3.91. The van der Waals surface area contributed by atoms with E-state index < -0.39 is 0 Å². The van der Waals surface area contributed by atoms with Gasteiger partial charge in [-0.2, -0.15) is 0 Å². The molecule has 2 nitrogen and oxygen atoms in total. The quantitative estimate of drug-likeness (QED) is 0.782. The molecule has 3 N–H and O–H groups in total. The first-order chi connectivity index (χ1) is 6.72. The molecule has 0 fully saturated rings. The lowest BCUT2D eigenvalue weighted by Crippen LogP contribution is -2.34. The fraction of sp³-hybridized carbons (Fsp3) is 0.455. The Balaban J connectivity index is 2.31. The molecule has 0 bridgehead atoms. The number of benzene rings is 1. The minimum atomic E-state index is 0.384. The third kappa shape index (κ3) is 4.09. The second-order valence-electron chi connectivity index (χ2n) is 3.47. The summed E-state index contributed by atoms with van der Waals surface area (Å²) in [4.78, 5) is 0. The summed E-state index contributed by atoms with van der Waals surface area (Å²) in [6.45, 7) is 3.70. The minimum Gasteiger partial charge on any atom is -0.329 e. The van der Waals surface area contributed by atoms with Gasteiger partial charge >= 0.3 is 0 Å². The normalized spacial score (nSPS) is 12.8. The molecule has 1 rings (SSSR count). The molecule has 1 aromatic rings. The molecule has 0 aromatic heterocycles. The van der Waals surface area contributed by atoms with E-state index >= 15 is 0 Å². The molecule has 0 aliphatic carbocycles. The van der Waals surface area contributed by atoms with Crippen molar-refractivity contribution in [1.29, 1.82) is 0 Å². The zero-order valence-corrected chi connectivity index (χ0v) is 9.22. The topological polar surface area (TPSA) is 38.0 Å². The van der Waals surface area contributed by atoms with Crippen LogP contribution in [0.25, 0.3) is 0 Å². The molecule has 0 spiro atoms. The molecule has 3 heteroatoms. The van der Waals surface area contributed by atoms with Crippen LogP contribution in [0.2, 0.25) is 5.02 Å². The summed E-state index contributed by atoms with van der Waals surface area (Å²) >= 11 is 5.87. The van der Waals surface area contributed by atoms with Crippen molar-refractivity contribution < 1.29 is 0 Å². The second kappa shape index (κ2) is 6.02. The van der Waals surface area contributed by atoms with Gasteiger partial charge in [-0.15, -0.1) is 0 Å². The molecule has 0 saturated heterocycles. The summed E-state index contributed by atoms with van der Waals surface area (Å²) in [5, 5.41) is 4.13. The first kappa shape index (κ1) is 11.5.